The van der Waals surface area contributed by atoms with Gasteiger partial charge in [-0.25, -0.2) is 4.67 Å². The molecule has 0 radical (unpaired) electrons. The Bertz CT molecular complexity index is 342. The molecule has 0 saturated carbocycles. The van der Waals surface area contributed by atoms with Gasteiger partial charge in [0.25, 0.3) is 0 Å². The summed E-state index contributed by atoms with van der Waals surface area (Å²) in [6.07, 6.45) is 0.568. The molecule has 20 heavy (non-hydrogen) atoms. The molecule has 0 aliphatic carbocycles. The van der Waals surface area contributed by atoms with Gasteiger partial charge < -0.3 is 14.0 Å². The van der Waals surface area contributed by atoms with Crippen molar-refractivity contribution in [3.05, 3.63) is 0 Å². The summed E-state index contributed by atoms with van der Waals surface area (Å²) >= 11 is 12.7. The Balaban J connectivity index is 2.36. The highest BCUT2D eigenvalue weighted by Crippen LogP contribution is 2.55. The van der Waals surface area contributed by atoms with Gasteiger partial charge in [-0.3, -0.25) is 4.57 Å². The summed E-state index contributed by atoms with van der Waals surface area (Å²) in [5, 5.41) is 1.38. The van der Waals surface area contributed by atoms with E-state index in [0.29, 0.717) is 36.8 Å². The van der Waals surface area contributed by atoms with Crippen molar-refractivity contribution in [3.8, 4) is 0 Å². The van der Waals surface area contributed by atoms with E-state index in [-0.39, 0.29) is 12.7 Å². The summed E-state index contributed by atoms with van der Waals surface area (Å²) in [5.41, 5.74) is 0. The van der Waals surface area contributed by atoms with Crippen LogP contribution in [0.1, 0.15) is 20.3 Å². The second-order valence-electron chi connectivity index (χ2n) is 4.86. The Morgan fingerprint density at radius 3 is 2.45 bits per heavy atom. The zero-order valence-electron chi connectivity index (χ0n) is 11.7. The highest BCUT2D eigenvalue weighted by Gasteiger charge is 2.34. The van der Waals surface area contributed by atoms with Gasteiger partial charge in [-0.05, 0) is 31.5 Å². The number of hydrogen-bond acceptors (Lipinski definition) is 4. The van der Waals surface area contributed by atoms with Crippen LogP contribution >= 0.6 is 50.0 Å². The molecule has 0 aromatic rings. The molecule has 0 aromatic carbocycles. The second kappa shape index (κ2) is 8.82. The van der Waals surface area contributed by atoms with E-state index in [1.54, 1.807) is 4.67 Å². The van der Waals surface area contributed by atoms with Gasteiger partial charge in [0.05, 0.1) is 19.3 Å². The molecule has 1 aliphatic heterocycles. The van der Waals surface area contributed by atoms with Crippen molar-refractivity contribution in [1.29, 1.82) is 0 Å². The van der Waals surface area contributed by atoms with Gasteiger partial charge >= 0.3 is 6.87 Å². The largest absolute Gasteiger partial charge is 0.363 e. The summed E-state index contributed by atoms with van der Waals surface area (Å²) < 4.78 is 30.5. The van der Waals surface area contributed by atoms with Crippen LogP contribution in [0.15, 0.2) is 0 Å². The van der Waals surface area contributed by atoms with Crippen LogP contribution in [0.2, 0.25) is 0 Å². The number of rotatable bonds is 9. The molecule has 0 aromatic heterocycles. The maximum Gasteiger partial charge on any atom is 0.363 e. The van der Waals surface area contributed by atoms with Crippen molar-refractivity contribution in [2.24, 2.45) is 0 Å². The Labute approximate surface area is 142 Å². The SMILES string of the molecule is CC1(C)OCC(CCOP(=O)(Cl)N(CCBr)CCBr)O1. The molecule has 1 saturated heterocycles. The molecule has 9 heteroatoms. The number of ether oxygens (including phenoxy) is 2. The Kier molecular flexibility index (Phi) is 8.54. The first-order valence-corrected chi connectivity index (χ1v) is 11.2. The zero-order valence-corrected chi connectivity index (χ0v) is 16.5. The highest BCUT2D eigenvalue weighted by molar-refractivity contribution is 9.09. The monoisotopic (exact) mass is 455 g/mol. The second-order valence-corrected chi connectivity index (χ2v) is 9.45. The lowest BCUT2D eigenvalue weighted by Crippen LogP contribution is -2.25. The van der Waals surface area contributed by atoms with Crippen LogP contribution in [-0.4, -0.2) is 53.5 Å². The summed E-state index contributed by atoms with van der Waals surface area (Å²) in [6.45, 7) is 2.41. The van der Waals surface area contributed by atoms with Gasteiger partial charge in [-0.1, -0.05) is 31.9 Å². The van der Waals surface area contributed by atoms with Gasteiger partial charge in [0.1, 0.15) is 0 Å². The third kappa shape index (κ3) is 6.61. The molecule has 1 aliphatic rings. The van der Waals surface area contributed by atoms with Crippen LogP contribution < -0.4 is 0 Å². The number of halogens is 3. The smallest absolute Gasteiger partial charge is 0.348 e. The minimum atomic E-state index is -3.28. The van der Waals surface area contributed by atoms with E-state index in [2.05, 4.69) is 31.9 Å². The van der Waals surface area contributed by atoms with Crippen molar-refractivity contribution in [3.63, 3.8) is 0 Å². The standard InChI is InChI=1S/C11H21Br2ClNO4P/c1-11(2)17-9-10(19-11)3-8-18-20(14,16)15(6-4-12)7-5-13/h10H,3-9H2,1-2H3. The van der Waals surface area contributed by atoms with E-state index in [9.17, 15) is 4.57 Å². The first-order valence-electron chi connectivity index (χ1n) is 6.44. The first kappa shape index (κ1) is 19.4. The molecular weight excluding hydrogens is 436 g/mol. The predicted molar refractivity (Wildman–Crippen MR) is 88.1 cm³/mol. The maximum absolute atomic E-state index is 12.4. The van der Waals surface area contributed by atoms with Gasteiger partial charge in [0.15, 0.2) is 5.79 Å². The molecule has 0 N–H and O–H groups in total. The molecule has 0 bridgehead atoms. The van der Waals surface area contributed by atoms with E-state index in [1.165, 1.54) is 0 Å². The summed E-state index contributed by atoms with van der Waals surface area (Å²) in [7, 11) is 0. The van der Waals surface area contributed by atoms with Gasteiger partial charge in [0.2, 0.25) is 0 Å². The Morgan fingerprint density at radius 2 is 2.00 bits per heavy atom. The summed E-state index contributed by atoms with van der Waals surface area (Å²) in [5.74, 6) is -0.548. The van der Waals surface area contributed by atoms with Gasteiger partial charge in [0, 0.05) is 23.7 Å². The van der Waals surface area contributed by atoms with E-state index in [4.69, 9.17) is 25.2 Å². The lowest BCUT2D eigenvalue weighted by atomic mass is 10.3. The highest BCUT2D eigenvalue weighted by atomic mass is 79.9. The van der Waals surface area contributed by atoms with Crippen LogP contribution in [0.5, 0.6) is 0 Å². The van der Waals surface area contributed by atoms with Crippen LogP contribution in [0, 0.1) is 0 Å². The molecular formula is C11H21Br2ClNO4P. The third-order valence-electron chi connectivity index (χ3n) is 2.78. The molecule has 2 unspecified atom stereocenters. The molecule has 0 amide bonds. The van der Waals surface area contributed by atoms with Crippen molar-refractivity contribution >= 4 is 50.0 Å². The maximum atomic E-state index is 12.4. The average molecular weight is 458 g/mol. The average Bonchev–Trinajstić information content (AvgIpc) is 2.68. The Hall–Kier alpha value is 1.32. The van der Waals surface area contributed by atoms with Crippen LogP contribution in [0.4, 0.5) is 0 Å². The van der Waals surface area contributed by atoms with Crippen LogP contribution in [0.3, 0.4) is 0 Å². The van der Waals surface area contributed by atoms with Gasteiger partial charge in [-0.15, -0.1) is 0 Å². The third-order valence-corrected chi connectivity index (χ3v) is 6.00. The van der Waals surface area contributed by atoms with Crippen molar-refractivity contribution < 1.29 is 18.6 Å². The number of alkyl halides is 2. The minimum Gasteiger partial charge on any atom is -0.348 e. The van der Waals surface area contributed by atoms with Crippen molar-refractivity contribution in [1.82, 2.24) is 4.67 Å². The van der Waals surface area contributed by atoms with Crippen LogP contribution in [0.25, 0.3) is 0 Å². The lowest BCUT2D eigenvalue weighted by molar-refractivity contribution is -0.139. The quantitative estimate of drug-likeness (QED) is 0.387. The minimum absolute atomic E-state index is 0.0394. The first-order chi connectivity index (χ1) is 9.30. The number of hydrogen-bond donors (Lipinski definition) is 0. The van der Waals surface area contributed by atoms with E-state index in [0.717, 1.165) is 0 Å². The fourth-order valence-electron chi connectivity index (χ4n) is 1.83. The van der Waals surface area contributed by atoms with E-state index >= 15 is 0 Å². The summed E-state index contributed by atoms with van der Waals surface area (Å²) in [4.78, 5) is 0. The molecule has 2 atom stereocenters. The van der Waals surface area contributed by atoms with E-state index < -0.39 is 12.7 Å². The van der Waals surface area contributed by atoms with Gasteiger partial charge in [-0.2, -0.15) is 0 Å². The molecule has 120 valence electrons. The fourth-order valence-corrected chi connectivity index (χ4v) is 5.07. The molecule has 1 heterocycles. The molecule has 1 fully saturated rings. The van der Waals surface area contributed by atoms with Crippen LogP contribution in [-0.2, 0) is 18.6 Å². The number of nitrogens with zero attached hydrogens (tertiary/aromatic N) is 1. The Morgan fingerprint density at radius 1 is 1.40 bits per heavy atom. The summed E-state index contributed by atoms with van der Waals surface area (Å²) in [6, 6.07) is 0. The van der Waals surface area contributed by atoms with E-state index in [1.807, 2.05) is 13.8 Å². The zero-order chi connectivity index (χ0) is 15.2. The molecule has 5 nitrogen and oxygen atoms in total. The molecule has 0 spiro atoms. The predicted octanol–water partition coefficient (Wildman–Crippen LogP) is 3.98. The lowest BCUT2D eigenvalue weighted by Gasteiger charge is -2.25. The molecule has 1 rings (SSSR count). The van der Waals surface area contributed by atoms with Crippen molar-refractivity contribution in [2.45, 2.75) is 32.2 Å². The van der Waals surface area contributed by atoms with Crippen molar-refractivity contribution in [2.75, 3.05) is 37.0 Å². The topological polar surface area (TPSA) is 48.0 Å². The normalized spacial score (nSPS) is 25.0. The fraction of sp³-hybridized carbons (Fsp3) is 1.00.